The number of aliphatic carboxylic acids is 1. The zero-order valence-corrected chi connectivity index (χ0v) is 21.2. The number of carbonyl (C=O) groups excluding carboxylic acids is 3. The maximum atomic E-state index is 13.5. The van der Waals surface area contributed by atoms with E-state index in [4.69, 9.17) is 4.74 Å². The fraction of sp³-hybridized carbons (Fsp3) is 0.185. The first-order chi connectivity index (χ1) is 17.9. The zero-order chi connectivity index (χ0) is 26.1. The Kier molecular flexibility index (Phi) is 6.86. The predicted octanol–water partition coefficient (Wildman–Crippen LogP) is 4.05. The number of thioether (sulfide) groups is 1. The Morgan fingerprint density at radius 1 is 0.973 bits per heavy atom. The van der Waals surface area contributed by atoms with Crippen molar-refractivity contribution >= 4 is 51.9 Å². The molecule has 1 saturated heterocycles. The van der Waals surface area contributed by atoms with E-state index >= 15 is 0 Å². The van der Waals surface area contributed by atoms with E-state index in [9.17, 15) is 24.3 Å². The quantitative estimate of drug-likeness (QED) is 0.360. The fourth-order valence-corrected chi connectivity index (χ4v) is 6.67. The summed E-state index contributed by atoms with van der Waals surface area (Å²) in [5.41, 5.74) is 1.23. The molecule has 2 unspecified atom stereocenters. The molecule has 37 heavy (non-hydrogen) atoms. The number of carbonyl (C=O) groups is 4. The lowest BCUT2D eigenvalue weighted by Crippen LogP contribution is -2.70. The number of β-lactam (4-membered cyclic amide) rings is 1. The Hall–Kier alpha value is -3.89. The predicted molar refractivity (Wildman–Crippen MR) is 140 cm³/mol. The Labute approximate surface area is 221 Å². The van der Waals surface area contributed by atoms with Crippen LogP contribution in [0.4, 0.5) is 5.00 Å². The molecule has 0 radical (unpaired) electrons. The lowest BCUT2D eigenvalue weighted by molar-refractivity contribution is -0.149. The highest BCUT2D eigenvalue weighted by Gasteiger charge is 2.57. The summed E-state index contributed by atoms with van der Waals surface area (Å²) in [7, 11) is 0. The van der Waals surface area contributed by atoms with Gasteiger partial charge in [-0.3, -0.25) is 19.3 Å². The van der Waals surface area contributed by atoms with E-state index in [2.05, 4.69) is 0 Å². The number of carboxylic acids is 1. The van der Waals surface area contributed by atoms with E-state index in [1.54, 1.807) is 17.5 Å². The lowest BCUT2D eigenvalue weighted by Gasteiger charge is -2.51. The van der Waals surface area contributed by atoms with Crippen LogP contribution in [0.15, 0.2) is 89.9 Å². The second kappa shape index (κ2) is 10.2. The summed E-state index contributed by atoms with van der Waals surface area (Å²) in [6.07, 6.45) is 0.448. The Morgan fingerprint density at radius 3 is 2.11 bits per heavy atom. The SMILES string of the molecule is CC(=O)N(c1cccs1)C1C(=O)N2C=C(C(=O)O)C(C(=O)OC(c3ccccc3)c3ccccc3)S[C@H]12. The van der Waals surface area contributed by atoms with Gasteiger partial charge in [0.2, 0.25) is 5.91 Å². The first-order valence-corrected chi connectivity index (χ1v) is 13.3. The molecule has 0 saturated carbocycles. The van der Waals surface area contributed by atoms with Crippen LogP contribution in [0.3, 0.4) is 0 Å². The Morgan fingerprint density at radius 2 is 1.59 bits per heavy atom. The van der Waals surface area contributed by atoms with Gasteiger partial charge in [-0.1, -0.05) is 60.7 Å². The van der Waals surface area contributed by atoms with Crippen molar-refractivity contribution in [3.63, 3.8) is 0 Å². The first kappa shape index (κ1) is 24.8. The average molecular weight is 535 g/mol. The molecule has 10 heteroatoms. The van der Waals surface area contributed by atoms with E-state index in [1.807, 2.05) is 60.7 Å². The van der Waals surface area contributed by atoms with Gasteiger partial charge < -0.3 is 14.7 Å². The number of thiophene rings is 1. The standard InChI is InChI=1S/C27H22N2O6S2/c1-16(30)29(20-13-8-14-36-20)21-24(31)28-15-19(26(32)33)23(37-25(21)28)27(34)35-22(17-9-4-2-5-10-17)18-11-6-3-7-12-18/h2-15,21-23,25H,1H3,(H,32,33)/t21?,23?,25-/m1/s1. The highest BCUT2D eigenvalue weighted by atomic mass is 32.2. The number of hydrogen-bond acceptors (Lipinski definition) is 7. The molecule has 2 aliphatic rings. The van der Waals surface area contributed by atoms with Gasteiger partial charge in [-0.25, -0.2) is 4.79 Å². The number of hydrogen-bond donors (Lipinski definition) is 1. The fourth-order valence-electron chi connectivity index (χ4n) is 4.42. The van der Waals surface area contributed by atoms with Crippen molar-refractivity contribution < 1.29 is 29.0 Å². The normalized spacial score (nSPS) is 20.5. The van der Waals surface area contributed by atoms with E-state index in [0.29, 0.717) is 5.00 Å². The van der Waals surface area contributed by atoms with E-state index in [1.165, 1.54) is 34.3 Å². The van der Waals surface area contributed by atoms with Crippen LogP contribution in [-0.2, 0) is 23.9 Å². The summed E-state index contributed by atoms with van der Waals surface area (Å²) in [6.45, 7) is 1.37. The van der Waals surface area contributed by atoms with Gasteiger partial charge in [0.15, 0.2) is 6.10 Å². The summed E-state index contributed by atoms with van der Waals surface area (Å²) in [5, 5.41) is 10.4. The van der Waals surface area contributed by atoms with Crippen molar-refractivity contribution in [3.05, 3.63) is 101 Å². The molecule has 2 aliphatic heterocycles. The minimum absolute atomic E-state index is 0.247. The highest BCUT2D eigenvalue weighted by molar-refractivity contribution is 8.01. The number of fused-ring (bicyclic) bond motifs is 1. The second-order valence-electron chi connectivity index (χ2n) is 8.47. The molecular weight excluding hydrogens is 512 g/mol. The molecule has 5 rings (SSSR count). The Bertz CT molecular complexity index is 1320. The maximum Gasteiger partial charge on any atom is 0.334 e. The molecule has 0 spiro atoms. The largest absolute Gasteiger partial charge is 0.478 e. The van der Waals surface area contributed by atoms with Gasteiger partial charge in [-0.15, -0.1) is 23.1 Å². The minimum atomic E-state index is -1.32. The number of anilines is 1. The highest BCUT2D eigenvalue weighted by Crippen LogP contribution is 2.45. The molecule has 3 heterocycles. The Balaban J connectivity index is 1.45. The first-order valence-electron chi connectivity index (χ1n) is 11.4. The number of ether oxygens (including phenoxy) is 1. The smallest absolute Gasteiger partial charge is 0.334 e. The van der Waals surface area contributed by atoms with Crippen LogP contribution >= 0.6 is 23.1 Å². The molecular formula is C27H22N2O6S2. The van der Waals surface area contributed by atoms with Crippen molar-refractivity contribution in [1.29, 1.82) is 0 Å². The summed E-state index contributed by atoms with van der Waals surface area (Å²) < 4.78 is 5.95. The van der Waals surface area contributed by atoms with E-state index in [0.717, 1.165) is 22.9 Å². The van der Waals surface area contributed by atoms with Gasteiger partial charge in [0.25, 0.3) is 5.91 Å². The molecule has 1 aromatic heterocycles. The molecule has 0 bridgehead atoms. The van der Waals surface area contributed by atoms with Gasteiger partial charge >= 0.3 is 11.9 Å². The number of nitrogens with zero attached hydrogens (tertiary/aromatic N) is 2. The topological polar surface area (TPSA) is 104 Å². The molecule has 2 amide bonds. The van der Waals surface area contributed by atoms with Crippen LogP contribution in [0.2, 0.25) is 0 Å². The van der Waals surface area contributed by atoms with Crippen molar-refractivity contribution in [2.75, 3.05) is 4.90 Å². The summed E-state index contributed by atoms with van der Waals surface area (Å²) in [5.74, 6) is -2.78. The number of carboxylic acid groups (broad SMARTS) is 1. The summed E-state index contributed by atoms with van der Waals surface area (Å²) in [6, 6.07) is 21.0. The molecule has 8 nitrogen and oxygen atoms in total. The zero-order valence-electron chi connectivity index (χ0n) is 19.6. The van der Waals surface area contributed by atoms with Crippen LogP contribution in [-0.4, -0.2) is 50.4 Å². The molecule has 1 fully saturated rings. The summed E-state index contributed by atoms with van der Waals surface area (Å²) >= 11 is 2.32. The third-order valence-corrected chi connectivity index (χ3v) is 8.50. The van der Waals surface area contributed by atoms with Crippen molar-refractivity contribution in [1.82, 2.24) is 4.90 Å². The van der Waals surface area contributed by atoms with E-state index < -0.39 is 40.6 Å². The van der Waals surface area contributed by atoms with Crippen molar-refractivity contribution in [3.8, 4) is 0 Å². The van der Waals surface area contributed by atoms with E-state index in [-0.39, 0.29) is 11.5 Å². The molecule has 2 aromatic carbocycles. The van der Waals surface area contributed by atoms with Crippen LogP contribution in [0.25, 0.3) is 0 Å². The van der Waals surface area contributed by atoms with Crippen molar-refractivity contribution in [2.24, 2.45) is 0 Å². The van der Waals surface area contributed by atoms with Crippen LogP contribution in [0.5, 0.6) is 0 Å². The average Bonchev–Trinajstić information content (AvgIpc) is 3.44. The molecule has 3 atom stereocenters. The molecule has 1 N–H and O–H groups in total. The van der Waals surface area contributed by atoms with Crippen LogP contribution in [0.1, 0.15) is 24.2 Å². The van der Waals surface area contributed by atoms with Gasteiger partial charge in [-0.05, 0) is 28.6 Å². The molecule has 3 aromatic rings. The molecule has 188 valence electrons. The monoisotopic (exact) mass is 534 g/mol. The number of amides is 2. The number of benzene rings is 2. The molecule has 0 aliphatic carbocycles. The third kappa shape index (κ3) is 4.65. The lowest BCUT2D eigenvalue weighted by atomic mass is 10.0. The number of rotatable bonds is 7. The third-order valence-electron chi connectivity index (χ3n) is 6.15. The maximum absolute atomic E-state index is 13.5. The summed E-state index contributed by atoms with van der Waals surface area (Å²) in [4.78, 5) is 53.8. The van der Waals surface area contributed by atoms with Gasteiger partial charge in [0.1, 0.15) is 16.7 Å². The van der Waals surface area contributed by atoms with Gasteiger partial charge in [-0.2, -0.15) is 0 Å². The van der Waals surface area contributed by atoms with Crippen LogP contribution < -0.4 is 4.90 Å². The minimum Gasteiger partial charge on any atom is -0.478 e. The van der Waals surface area contributed by atoms with Gasteiger partial charge in [0, 0.05) is 13.1 Å². The van der Waals surface area contributed by atoms with Gasteiger partial charge in [0.05, 0.1) is 10.6 Å². The van der Waals surface area contributed by atoms with Crippen molar-refractivity contribution in [2.45, 2.75) is 29.7 Å². The second-order valence-corrected chi connectivity index (χ2v) is 10.6. The number of esters is 1. The van der Waals surface area contributed by atoms with Crippen LogP contribution in [0, 0.1) is 0 Å².